The molecule has 8 rings (SSSR count). The number of nitrogens with two attached hydrogens (primary N) is 1. The first-order valence-corrected chi connectivity index (χ1v) is 21.3. The van der Waals surface area contributed by atoms with E-state index >= 15 is 0 Å². The predicted octanol–water partition coefficient (Wildman–Crippen LogP) is 8.89. The summed E-state index contributed by atoms with van der Waals surface area (Å²) in [6.45, 7) is -0.372. The zero-order valence-corrected chi connectivity index (χ0v) is 41.1. The average Bonchev–Trinajstić information content (AvgIpc) is 3.42. The third kappa shape index (κ3) is 22.7. The predicted molar refractivity (Wildman–Crippen MR) is 266 cm³/mol. The summed E-state index contributed by atoms with van der Waals surface area (Å²) < 4.78 is 123. The third-order valence-corrected chi connectivity index (χ3v) is 8.70. The van der Waals surface area contributed by atoms with E-state index in [1.807, 2.05) is 0 Å². The Labute approximate surface area is 444 Å². The van der Waals surface area contributed by atoms with E-state index in [2.05, 4.69) is 60.0 Å². The second-order valence-electron chi connectivity index (χ2n) is 13.9. The van der Waals surface area contributed by atoms with Crippen LogP contribution in [0.5, 0.6) is 17.6 Å². The van der Waals surface area contributed by atoms with E-state index in [1.54, 1.807) is 62.0 Å². The van der Waals surface area contributed by atoms with Crippen LogP contribution in [0, 0.1) is 47.6 Å². The van der Waals surface area contributed by atoms with E-state index < -0.39 is 71.1 Å². The van der Waals surface area contributed by atoms with Crippen LogP contribution in [-0.2, 0) is 16.1 Å². The average molecular weight is 1110 g/mol. The maximum Gasteiger partial charge on any atom is 0.342 e. The lowest BCUT2D eigenvalue weighted by atomic mass is 10.2. The zero-order valence-electron chi connectivity index (χ0n) is 41.1. The summed E-state index contributed by atoms with van der Waals surface area (Å²) in [7, 11) is 6.89. The number of hydrogen-bond donors (Lipinski definition) is 5. The van der Waals surface area contributed by atoms with Crippen molar-refractivity contribution in [3.8, 4) is 17.6 Å². The molecule has 0 unspecified atom stereocenters. The van der Waals surface area contributed by atoms with E-state index in [1.165, 1.54) is 51.8 Å². The summed E-state index contributed by atoms with van der Waals surface area (Å²) in [6, 6.07) is 23.0. The fraction of sp³-hybridized carbons (Fsp3) is 0.140. The molecular formula is C50H47F8N11O10. The van der Waals surface area contributed by atoms with Crippen molar-refractivity contribution in [2.24, 2.45) is 0 Å². The number of nitrogens with one attached hydrogen (secondary N) is 2. The van der Waals surface area contributed by atoms with Crippen LogP contribution in [0.3, 0.4) is 0 Å². The highest BCUT2D eigenvalue weighted by molar-refractivity contribution is 5.90. The van der Waals surface area contributed by atoms with Gasteiger partial charge < -0.3 is 50.3 Å². The Morgan fingerprint density at radius 1 is 0.481 bits per heavy atom. The fourth-order valence-corrected chi connectivity index (χ4v) is 5.00. The maximum absolute atomic E-state index is 13.6. The molecule has 0 atom stereocenters. The number of carbonyl (C=O) groups excluding carboxylic acids is 2. The number of hydrogen-bond acceptors (Lipinski definition) is 20. The second-order valence-corrected chi connectivity index (χ2v) is 13.9. The topological polar surface area (TPSA) is 291 Å². The van der Waals surface area contributed by atoms with Gasteiger partial charge in [-0.25, -0.2) is 39.3 Å². The maximum atomic E-state index is 13.6. The molecule has 0 aliphatic heterocycles. The Balaban J connectivity index is 0.000000333. The number of aromatic carboxylic acids is 1. The van der Waals surface area contributed by atoms with Gasteiger partial charge >= 0.3 is 17.9 Å². The standard InChI is InChI=1S/C13H12FN3O3.C12H12FN3O2.C7H5F2NO2.C6H3F2NO2.C6H8N2O.C5H3F2N.CH4/c1-19-11-6-3-8(7-15-11)16-10-5-4-9(12(14)17-10)13(18)20-2;1-18-11-5-3-9(6-14-11)15-10-4-2-8(7-17)12(13)16-10;1-12-7(11)4-2-3-5(8)10-6(4)9;7-4-2-1-3(6(10)11)5(8)9-4;1-9-6-3-2-5(7)4-8-6;6-4-2-1-3-5(7)8-4;/h3-7H,1-2H3,(H,16,17);2-6,17H,7H2,1H3,(H,15,16);2-3H,1H3;1-2H,(H,10,11);2-4H,7H2,1H3;1-3H;1H4. The van der Waals surface area contributed by atoms with Gasteiger partial charge in [0.2, 0.25) is 65.2 Å². The number of aliphatic hydroxyl groups is 1. The summed E-state index contributed by atoms with van der Waals surface area (Å²) in [6.07, 6.45) is 4.63. The van der Waals surface area contributed by atoms with Gasteiger partial charge in [0.15, 0.2) is 0 Å². The van der Waals surface area contributed by atoms with Crippen molar-refractivity contribution in [1.29, 1.82) is 0 Å². The molecule has 0 spiro atoms. The van der Waals surface area contributed by atoms with Crippen molar-refractivity contribution < 1.29 is 83.4 Å². The van der Waals surface area contributed by atoms with Crippen molar-refractivity contribution >= 4 is 46.6 Å². The molecule has 8 aromatic heterocycles. The van der Waals surface area contributed by atoms with Crippen molar-refractivity contribution in [1.82, 2.24) is 39.9 Å². The molecule has 0 saturated carbocycles. The summed E-state index contributed by atoms with van der Waals surface area (Å²) in [5.74, 6) is -8.61. The first-order chi connectivity index (χ1) is 37.2. The lowest BCUT2D eigenvalue weighted by molar-refractivity contribution is 0.0585. The van der Waals surface area contributed by atoms with Gasteiger partial charge in [-0.3, -0.25) is 0 Å². The Morgan fingerprint density at radius 3 is 1.20 bits per heavy atom. The minimum atomic E-state index is -1.46. The van der Waals surface area contributed by atoms with Crippen LogP contribution in [0.25, 0.3) is 0 Å². The second kappa shape index (κ2) is 33.7. The number of pyridine rings is 8. The monoisotopic (exact) mass is 1110 g/mol. The van der Waals surface area contributed by atoms with Crippen LogP contribution in [-0.4, -0.2) is 104 Å². The smallest absolute Gasteiger partial charge is 0.342 e. The normalized spacial score (nSPS) is 9.59. The number of methoxy groups -OCH3 is 5. The van der Waals surface area contributed by atoms with Crippen molar-refractivity contribution in [2.45, 2.75) is 14.0 Å². The van der Waals surface area contributed by atoms with Gasteiger partial charge in [-0.15, -0.1) is 0 Å². The summed E-state index contributed by atoms with van der Waals surface area (Å²) >= 11 is 0. The van der Waals surface area contributed by atoms with Crippen molar-refractivity contribution in [2.75, 3.05) is 51.9 Å². The molecule has 29 heteroatoms. The number of ether oxygens (including phenoxy) is 5. The summed E-state index contributed by atoms with van der Waals surface area (Å²) in [4.78, 5) is 59.6. The van der Waals surface area contributed by atoms with Crippen LogP contribution in [0.1, 0.15) is 44.1 Å². The van der Waals surface area contributed by atoms with E-state index in [0.717, 1.165) is 43.5 Å². The lowest BCUT2D eigenvalue weighted by Gasteiger charge is -2.07. The Hall–Kier alpha value is -10.2. The van der Waals surface area contributed by atoms with E-state index in [4.69, 9.17) is 30.2 Å². The molecule has 0 fully saturated rings. The number of carboxylic acid groups (broad SMARTS) is 1. The van der Waals surface area contributed by atoms with Gasteiger partial charge in [-0.05, 0) is 78.9 Å². The Bertz CT molecular complexity index is 3180. The molecule has 0 bridgehead atoms. The molecule has 21 nitrogen and oxygen atoms in total. The summed E-state index contributed by atoms with van der Waals surface area (Å²) in [5, 5.41) is 22.8. The van der Waals surface area contributed by atoms with Crippen LogP contribution < -0.4 is 30.6 Å². The molecule has 0 amide bonds. The number of aromatic nitrogens is 8. The number of nitrogen functional groups attached to an aromatic ring is 1. The van der Waals surface area contributed by atoms with E-state index in [-0.39, 0.29) is 36.5 Å². The van der Waals surface area contributed by atoms with Gasteiger partial charge in [-0.2, -0.15) is 50.1 Å². The molecule has 0 radical (unpaired) electrons. The number of anilines is 5. The van der Waals surface area contributed by atoms with Gasteiger partial charge in [0.25, 0.3) is 0 Å². The van der Waals surface area contributed by atoms with Crippen LogP contribution in [0.2, 0.25) is 0 Å². The number of aliphatic hydroxyl groups excluding tert-OH is 1. The molecule has 0 aromatic carbocycles. The van der Waals surface area contributed by atoms with Gasteiger partial charge in [0.05, 0.1) is 77.8 Å². The molecule has 418 valence electrons. The highest BCUT2D eigenvalue weighted by Crippen LogP contribution is 2.20. The highest BCUT2D eigenvalue weighted by atomic mass is 19.2. The number of carbonyl (C=O) groups is 3. The van der Waals surface area contributed by atoms with E-state index in [9.17, 15) is 49.5 Å². The largest absolute Gasteiger partial charge is 0.481 e. The number of rotatable bonds is 11. The Kier molecular flexibility index (Phi) is 27.7. The van der Waals surface area contributed by atoms with Gasteiger partial charge in [0.1, 0.15) is 28.3 Å². The molecule has 0 aliphatic rings. The first-order valence-electron chi connectivity index (χ1n) is 21.3. The molecule has 0 saturated heterocycles. The third-order valence-electron chi connectivity index (χ3n) is 8.70. The molecule has 6 N–H and O–H groups in total. The first kappa shape index (κ1) is 64.9. The van der Waals surface area contributed by atoms with E-state index in [0.29, 0.717) is 40.5 Å². The highest BCUT2D eigenvalue weighted by Gasteiger charge is 2.15. The molecule has 0 aliphatic carbocycles. The number of esters is 2. The fourth-order valence-electron chi connectivity index (χ4n) is 5.00. The quantitative estimate of drug-likeness (QED) is 0.0459. The van der Waals surface area contributed by atoms with Gasteiger partial charge in [-0.1, -0.05) is 13.5 Å². The minimum Gasteiger partial charge on any atom is -0.481 e. The van der Waals surface area contributed by atoms with Crippen LogP contribution in [0.4, 0.5) is 63.8 Å². The van der Waals surface area contributed by atoms with Crippen LogP contribution >= 0.6 is 0 Å². The number of carboxylic acids is 1. The van der Waals surface area contributed by atoms with Crippen molar-refractivity contribution in [3.05, 3.63) is 192 Å². The lowest BCUT2D eigenvalue weighted by Crippen LogP contribution is -2.07. The minimum absolute atomic E-state index is 0. The molecule has 8 aromatic rings. The number of halogens is 8. The number of nitrogens with zero attached hydrogens (tertiary/aromatic N) is 8. The van der Waals surface area contributed by atoms with Crippen molar-refractivity contribution in [3.63, 3.8) is 0 Å². The van der Waals surface area contributed by atoms with Crippen LogP contribution in [0.15, 0.2) is 122 Å². The Morgan fingerprint density at radius 2 is 0.873 bits per heavy atom. The summed E-state index contributed by atoms with van der Waals surface area (Å²) in [5.41, 5.74) is 6.23. The SMILES string of the molecule is C.COC(=O)c1ccc(F)nc1F.COC(=O)c1ccc(Nc2ccc(OC)nc2)nc1F.COc1ccc(N)cn1.COc1ccc(Nc2ccc(CO)c(F)n2)cn1.Fc1cccc(F)n1.O=C(O)c1ccc(F)nc1F. The zero-order chi connectivity index (χ0) is 57.7. The molecular weight excluding hydrogens is 1070 g/mol. The molecule has 8 heterocycles. The molecule has 79 heavy (non-hydrogen) atoms. The van der Waals surface area contributed by atoms with Gasteiger partial charge in [0, 0.05) is 23.8 Å².